The van der Waals surface area contributed by atoms with Gasteiger partial charge in [0.15, 0.2) is 6.61 Å². The average Bonchev–Trinajstić information content (AvgIpc) is 2.91. The van der Waals surface area contributed by atoms with Crippen LogP contribution in [0.1, 0.15) is 59.9 Å². The maximum absolute atomic E-state index is 13.8. The lowest BCUT2D eigenvalue weighted by atomic mass is 9.69. The predicted molar refractivity (Wildman–Crippen MR) is 170 cm³/mol. The Balaban J connectivity index is 1.54. The van der Waals surface area contributed by atoms with Crippen molar-refractivity contribution in [3.05, 3.63) is 104 Å². The van der Waals surface area contributed by atoms with Gasteiger partial charge in [0.1, 0.15) is 0 Å². The number of ether oxygens (including phenoxy) is 1. The Morgan fingerprint density at radius 2 is 1.85 bits per heavy atom. The summed E-state index contributed by atoms with van der Waals surface area (Å²) < 4.78 is 6.42. The van der Waals surface area contributed by atoms with Crippen LogP contribution in [0, 0.1) is 18.3 Å². The van der Waals surface area contributed by atoms with Crippen LogP contribution in [-0.4, -0.2) is 23.5 Å². The van der Waals surface area contributed by atoms with Gasteiger partial charge in [-0.2, -0.15) is 0 Å². The smallest absolute Gasteiger partial charge is 0.339 e. The Morgan fingerprint density at radius 1 is 1.07 bits per heavy atom. The molecular formula is C34H32BrClN2O3. The molecule has 0 fully saturated rings. The van der Waals surface area contributed by atoms with Crippen LogP contribution < -0.4 is 5.32 Å². The van der Waals surface area contributed by atoms with E-state index < -0.39 is 18.5 Å². The highest BCUT2D eigenvalue weighted by Gasteiger charge is 2.35. The lowest BCUT2D eigenvalue weighted by Gasteiger charge is -2.36. The number of nitrogens with one attached hydrogen (secondary N) is 1. The monoisotopic (exact) mass is 630 g/mol. The van der Waals surface area contributed by atoms with Crippen molar-refractivity contribution in [1.29, 1.82) is 0 Å². The van der Waals surface area contributed by atoms with Gasteiger partial charge in [-0.1, -0.05) is 68.8 Å². The zero-order valence-corrected chi connectivity index (χ0v) is 25.9. The molecule has 1 N–H and O–H groups in total. The second-order valence-corrected chi connectivity index (χ2v) is 12.9. The van der Waals surface area contributed by atoms with Crippen LogP contribution in [0.2, 0.25) is 5.02 Å². The standard InChI is InChI=1S/C34H32BrClN2O3/c1-20-12-13-29(27(35)14-20)37-30(39)19-41-33(40)31-25-10-5-6-11-28(25)38-32-22(15-21-8-7-9-24(36)16-21)17-23(18-26(31)32)34(2,3)4/h5-16,23H,17-19H2,1-4H3,(H,37,39)/b22-15-/t23-/m0/s1. The largest absolute Gasteiger partial charge is 0.452 e. The average molecular weight is 632 g/mol. The Bertz CT molecular complexity index is 1690. The first-order chi connectivity index (χ1) is 19.5. The van der Waals surface area contributed by atoms with Crippen LogP contribution >= 0.6 is 27.5 Å². The first-order valence-electron chi connectivity index (χ1n) is 13.6. The number of anilines is 1. The fourth-order valence-corrected chi connectivity index (χ4v) is 6.07. The molecule has 4 aromatic rings. The number of aryl methyl sites for hydroxylation is 1. The fourth-order valence-electron chi connectivity index (χ4n) is 5.28. The summed E-state index contributed by atoms with van der Waals surface area (Å²) in [5.41, 5.74) is 6.53. The number of hydrogen-bond acceptors (Lipinski definition) is 4. The first kappa shape index (κ1) is 29.0. The molecule has 0 saturated carbocycles. The molecule has 1 aliphatic carbocycles. The molecule has 1 aromatic heterocycles. The summed E-state index contributed by atoms with van der Waals surface area (Å²) >= 11 is 9.77. The number of hydrogen-bond donors (Lipinski definition) is 1. The van der Waals surface area contributed by atoms with Crippen LogP contribution in [0.5, 0.6) is 0 Å². The van der Waals surface area contributed by atoms with E-state index in [-0.39, 0.29) is 11.3 Å². The molecule has 0 unspecified atom stereocenters. The molecule has 1 amide bonds. The van der Waals surface area contributed by atoms with Crippen LogP contribution in [0.3, 0.4) is 0 Å². The molecule has 5 nitrogen and oxygen atoms in total. The van der Waals surface area contributed by atoms with Crippen LogP contribution in [-0.2, 0) is 16.0 Å². The minimum Gasteiger partial charge on any atom is -0.452 e. The third-order valence-electron chi connectivity index (χ3n) is 7.57. The van der Waals surface area contributed by atoms with Gasteiger partial charge >= 0.3 is 5.97 Å². The van der Waals surface area contributed by atoms with E-state index in [0.717, 1.165) is 44.2 Å². The molecule has 5 rings (SSSR count). The van der Waals surface area contributed by atoms with Crippen LogP contribution in [0.4, 0.5) is 5.69 Å². The second kappa shape index (κ2) is 11.8. The highest BCUT2D eigenvalue weighted by molar-refractivity contribution is 9.10. The third kappa shape index (κ3) is 6.55. The Hall–Kier alpha value is -3.48. The molecule has 1 aliphatic rings. The van der Waals surface area contributed by atoms with Crippen molar-refractivity contribution in [2.24, 2.45) is 11.3 Å². The van der Waals surface area contributed by atoms with Crippen molar-refractivity contribution in [2.75, 3.05) is 11.9 Å². The number of para-hydroxylation sites is 1. The van der Waals surface area contributed by atoms with Gasteiger partial charge in [-0.3, -0.25) is 4.79 Å². The van der Waals surface area contributed by atoms with Crippen molar-refractivity contribution in [3.8, 4) is 0 Å². The zero-order valence-electron chi connectivity index (χ0n) is 23.6. The number of benzene rings is 3. The van der Waals surface area contributed by atoms with Gasteiger partial charge in [-0.05, 0) is 106 Å². The number of esters is 1. The summed E-state index contributed by atoms with van der Waals surface area (Å²) in [6.07, 6.45) is 3.61. The fraction of sp³-hybridized carbons (Fsp3) is 0.265. The van der Waals surface area contributed by atoms with Crippen molar-refractivity contribution >= 4 is 67.6 Å². The summed E-state index contributed by atoms with van der Waals surface area (Å²) in [5, 5.41) is 4.19. The second-order valence-electron chi connectivity index (χ2n) is 11.6. The van der Waals surface area contributed by atoms with Crippen LogP contribution in [0.15, 0.2) is 71.2 Å². The summed E-state index contributed by atoms with van der Waals surface area (Å²) in [6, 6.07) is 20.9. The van der Waals surface area contributed by atoms with Crippen LogP contribution in [0.25, 0.3) is 22.6 Å². The molecule has 0 aliphatic heterocycles. The van der Waals surface area contributed by atoms with Crippen molar-refractivity contribution < 1.29 is 14.3 Å². The normalized spacial score (nSPS) is 16.0. The Morgan fingerprint density at radius 3 is 2.59 bits per heavy atom. The van der Waals surface area contributed by atoms with Gasteiger partial charge in [0, 0.05) is 14.9 Å². The lowest BCUT2D eigenvalue weighted by Crippen LogP contribution is -2.29. The van der Waals surface area contributed by atoms with Crippen molar-refractivity contribution in [3.63, 3.8) is 0 Å². The number of aromatic nitrogens is 1. The first-order valence-corrected chi connectivity index (χ1v) is 14.8. The molecule has 0 spiro atoms. The zero-order chi connectivity index (χ0) is 29.3. The van der Waals surface area contributed by atoms with Gasteiger partial charge in [0.25, 0.3) is 5.91 Å². The SMILES string of the molecule is Cc1ccc(NC(=O)COC(=O)c2c3c(nc4ccccc24)/C(=C\c2cccc(Cl)c2)C[C@H](C(C)(C)C)C3)c(Br)c1. The summed E-state index contributed by atoms with van der Waals surface area (Å²) in [6.45, 7) is 8.23. The minimum atomic E-state index is -0.533. The summed E-state index contributed by atoms with van der Waals surface area (Å²) in [4.78, 5) is 31.6. The Labute approximate surface area is 254 Å². The number of amides is 1. The number of carbonyl (C=O) groups is 2. The number of carbonyl (C=O) groups excluding carboxylic acids is 2. The van der Waals surface area contributed by atoms with E-state index in [1.807, 2.05) is 73.7 Å². The number of halogens is 2. The number of allylic oxidation sites excluding steroid dienone is 1. The molecular weight excluding hydrogens is 600 g/mol. The van der Waals surface area contributed by atoms with E-state index >= 15 is 0 Å². The Kier molecular flexibility index (Phi) is 8.35. The van der Waals surface area contributed by atoms with E-state index in [2.05, 4.69) is 48.1 Å². The maximum Gasteiger partial charge on any atom is 0.339 e. The lowest BCUT2D eigenvalue weighted by molar-refractivity contribution is -0.119. The highest BCUT2D eigenvalue weighted by Crippen LogP contribution is 2.45. The van der Waals surface area contributed by atoms with Gasteiger partial charge in [0.05, 0.1) is 22.5 Å². The number of fused-ring (bicyclic) bond motifs is 2. The minimum absolute atomic E-state index is 0.0146. The van der Waals surface area contributed by atoms with E-state index in [9.17, 15) is 9.59 Å². The van der Waals surface area contributed by atoms with Gasteiger partial charge in [-0.25, -0.2) is 9.78 Å². The predicted octanol–water partition coefficient (Wildman–Crippen LogP) is 8.90. The number of pyridine rings is 1. The molecule has 0 radical (unpaired) electrons. The van der Waals surface area contributed by atoms with E-state index in [1.165, 1.54) is 0 Å². The van der Waals surface area contributed by atoms with Crippen molar-refractivity contribution in [1.82, 2.24) is 4.98 Å². The number of rotatable bonds is 5. The summed E-state index contributed by atoms with van der Waals surface area (Å²) in [7, 11) is 0. The van der Waals surface area contributed by atoms with Gasteiger partial charge in [0.2, 0.25) is 0 Å². The van der Waals surface area contributed by atoms with E-state index in [0.29, 0.717) is 28.2 Å². The number of nitrogens with zero attached hydrogens (tertiary/aromatic N) is 1. The highest BCUT2D eigenvalue weighted by atomic mass is 79.9. The molecule has 0 bridgehead atoms. The van der Waals surface area contributed by atoms with E-state index in [1.54, 1.807) is 0 Å². The molecule has 1 heterocycles. The molecule has 0 saturated heterocycles. The molecule has 41 heavy (non-hydrogen) atoms. The molecule has 210 valence electrons. The quantitative estimate of drug-likeness (QED) is 0.223. The molecule has 7 heteroatoms. The van der Waals surface area contributed by atoms with Crippen molar-refractivity contribution in [2.45, 2.75) is 40.5 Å². The van der Waals surface area contributed by atoms with Gasteiger partial charge in [-0.15, -0.1) is 0 Å². The topological polar surface area (TPSA) is 68.3 Å². The summed E-state index contributed by atoms with van der Waals surface area (Å²) in [5.74, 6) is -0.684. The third-order valence-corrected chi connectivity index (χ3v) is 8.46. The molecule has 3 aromatic carbocycles. The van der Waals surface area contributed by atoms with E-state index in [4.69, 9.17) is 21.3 Å². The molecule has 1 atom stereocenters. The maximum atomic E-state index is 13.8. The van der Waals surface area contributed by atoms with Gasteiger partial charge < -0.3 is 10.1 Å².